The standard InChI is InChI=1S/C13H16ClN3O4/c14-12-11(17(18)19)10(3-6-15-12)16-9-1-4-13(5-2-9)20-7-8-21-13/h3,6,9H,1-2,4-5,7-8H2,(H,15,16). The second-order valence-electron chi connectivity index (χ2n) is 5.28. The Labute approximate surface area is 126 Å². The number of pyridine rings is 1. The van der Waals surface area contributed by atoms with Gasteiger partial charge in [-0.3, -0.25) is 10.1 Å². The zero-order chi connectivity index (χ0) is 14.9. The molecular weight excluding hydrogens is 298 g/mol. The van der Waals surface area contributed by atoms with E-state index in [0.717, 1.165) is 25.7 Å². The smallest absolute Gasteiger partial charge is 0.329 e. The van der Waals surface area contributed by atoms with Gasteiger partial charge < -0.3 is 14.8 Å². The number of rotatable bonds is 3. The van der Waals surface area contributed by atoms with Crippen molar-refractivity contribution in [1.29, 1.82) is 0 Å². The Morgan fingerprint density at radius 1 is 1.38 bits per heavy atom. The van der Waals surface area contributed by atoms with E-state index >= 15 is 0 Å². The highest BCUT2D eigenvalue weighted by Gasteiger charge is 2.40. The first kappa shape index (κ1) is 14.5. The number of nitro groups is 1. The van der Waals surface area contributed by atoms with E-state index in [1.54, 1.807) is 6.07 Å². The van der Waals surface area contributed by atoms with Crippen molar-refractivity contribution in [2.75, 3.05) is 18.5 Å². The largest absolute Gasteiger partial charge is 0.377 e. The molecule has 1 aliphatic heterocycles. The Hall–Kier alpha value is -1.44. The zero-order valence-electron chi connectivity index (χ0n) is 11.4. The van der Waals surface area contributed by atoms with Crippen molar-refractivity contribution in [1.82, 2.24) is 4.98 Å². The van der Waals surface area contributed by atoms with Crippen molar-refractivity contribution >= 4 is 23.0 Å². The Morgan fingerprint density at radius 2 is 2.05 bits per heavy atom. The summed E-state index contributed by atoms with van der Waals surface area (Å²) in [6.07, 6.45) is 4.70. The molecule has 2 heterocycles. The topological polar surface area (TPSA) is 86.5 Å². The number of nitrogens with zero attached hydrogens (tertiary/aromatic N) is 2. The maximum atomic E-state index is 11.1. The van der Waals surface area contributed by atoms with Crippen molar-refractivity contribution in [2.45, 2.75) is 37.5 Å². The molecule has 1 saturated heterocycles. The van der Waals surface area contributed by atoms with Crippen LogP contribution in [0.2, 0.25) is 5.15 Å². The molecule has 1 aliphatic carbocycles. The fraction of sp³-hybridized carbons (Fsp3) is 0.615. The van der Waals surface area contributed by atoms with Gasteiger partial charge in [-0.15, -0.1) is 0 Å². The summed E-state index contributed by atoms with van der Waals surface area (Å²) in [6, 6.07) is 1.72. The summed E-state index contributed by atoms with van der Waals surface area (Å²) in [5.41, 5.74) is 0.238. The van der Waals surface area contributed by atoms with E-state index in [1.807, 2.05) is 0 Å². The molecule has 0 aromatic carbocycles. The number of aromatic nitrogens is 1. The second kappa shape index (κ2) is 5.75. The van der Waals surface area contributed by atoms with E-state index in [4.69, 9.17) is 21.1 Å². The highest BCUT2D eigenvalue weighted by Crippen LogP contribution is 2.38. The van der Waals surface area contributed by atoms with Crippen molar-refractivity contribution in [2.24, 2.45) is 0 Å². The maximum absolute atomic E-state index is 11.1. The van der Waals surface area contributed by atoms with Gasteiger partial charge in [-0.25, -0.2) is 4.98 Å². The minimum Gasteiger partial charge on any atom is -0.377 e. The molecule has 3 rings (SSSR count). The van der Waals surface area contributed by atoms with Gasteiger partial charge in [0.2, 0.25) is 5.15 Å². The van der Waals surface area contributed by atoms with Crippen LogP contribution in [0.1, 0.15) is 25.7 Å². The molecule has 0 amide bonds. The van der Waals surface area contributed by atoms with Crippen LogP contribution in [-0.2, 0) is 9.47 Å². The third-order valence-electron chi connectivity index (χ3n) is 3.98. The summed E-state index contributed by atoms with van der Waals surface area (Å²) in [5.74, 6) is -0.431. The maximum Gasteiger partial charge on any atom is 0.329 e. The summed E-state index contributed by atoms with van der Waals surface area (Å²) < 4.78 is 11.3. The van der Waals surface area contributed by atoms with Crippen molar-refractivity contribution < 1.29 is 14.4 Å². The third kappa shape index (κ3) is 2.95. The minimum atomic E-state index is -0.509. The zero-order valence-corrected chi connectivity index (χ0v) is 12.1. The molecule has 114 valence electrons. The Balaban J connectivity index is 1.68. The molecular formula is C13H16ClN3O4. The van der Waals surface area contributed by atoms with E-state index in [-0.39, 0.29) is 16.9 Å². The molecule has 2 aliphatic rings. The lowest BCUT2D eigenvalue weighted by Gasteiger charge is -2.35. The Kier molecular flexibility index (Phi) is 3.97. The number of halogens is 1. The van der Waals surface area contributed by atoms with Crippen molar-refractivity contribution in [3.63, 3.8) is 0 Å². The molecule has 7 nitrogen and oxygen atoms in total. The average Bonchev–Trinajstić information content (AvgIpc) is 2.90. The lowest BCUT2D eigenvalue weighted by Crippen LogP contribution is -2.39. The molecule has 1 N–H and O–H groups in total. The molecule has 0 unspecified atom stereocenters. The Morgan fingerprint density at radius 3 is 2.67 bits per heavy atom. The van der Waals surface area contributed by atoms with Gasteiger partial charge in [0.15, 0.2) is 5.79 Å². The highest BCUT2D eigenvalue weighted by molar-refractivity contribution is 6.32. The van der Waals surface area contributed by atoms with Gasteiger partial charge in [0.1, 0.15) is 5.69 Å². The molecule has 1 spiro atoms. The normalized spacial score (nSPS) is 21.6. The van der Waals surface area contributed by atoms with Crippen LogP contribution < -0.4 is 5.32 Å². The molecule has 0 atom stereocenters. The van der Waals surface area contributed by atoms with Gasteiger partial charge in [-0.05, 0) is 18.9 Å². The van der Waals surface area contributed by atoms with E-state index in [9.17, 15) is 10.1 Å². The Bertz CT molecular complexity index is 538. The van der Waals surface area contributed by atoms with Crippen LogP contribution in [0, 0.1) is 10.1 Å². The lowest BCUT2D eigenvalue weighted by molar-refractivity contribution is -0.384. The number of hydrogen-bond acceptors (Lipinski definition) is 6. The number of ether oxygens (including phenoxy) is 2. The van der Waals surface area contributed by atoms with Gasteiger partial charge >= 0.3 is 5.69 Å². The summed E-state index contributed by atoms with van der Waals surface area (Å²) in [6.45, 7) is 1.28. The van der Waals surface area contributed by atoms with E-state index in [1.165, 1.54) is 6.20 Å². The van der Waals surface area contributed by atoms with Crippen molar-refractivity contribution in [3.8, 4) is 0 Å². The SMILES string of the molecule is O=[N+]([O-])c1c(NC2CCC3(CC2)OCCO3)ccnc1Cl. The molecule has 0 radical (unpaired) electrons. The first-order valence-electron chi connectivity index (χ1n) is 6.93. The van der Waals surface area contributed by atoms with Gasteiger partial charge in [0, 0.05) is 25.1 Å². The van der Waals surface area contributed by atoms with Crippen LogP contribution in [-0.4, -0.2) is 35.0 Å². The summed E-state index contributed by atoms with van der Waals surface area (Å²) in [7, 11) is 0. The average molecular weight is 314 g/mol. The summed E-state index contributed by atoms with van der Waals surface area (Å²) in [4.78, 5) is 14.3. The number of nitrogens with one attached hydrogen (secondary N) is 1. The lowest BCUT2D eigenvalue weighted by atomic mass is 9.90. The van der Waals surface area contributed by atoms with E-state index in [2.05, 4.69) is 10.3 Å². The van der Waals surface area contributed by atoms with Gasteiger partial charge in [0.25, 0.3) is 0 Å². The van der Waals surface area contributed by atoms with E-state index < -0.39 is 10.7 Å². The third-order valence-corrected chi connectivity index (χ3v) is 4.26. The van der Waals surface area contributed by atoms with Crippen LogP contribution in [0.15, 0.2) is 12.3 Å². The predicted octanol–water partition coefficient (Wildman–Crippen LogP) is 2.74. The molecule has 1 aromatic rings. The first-order chi connectivity index (χ1) is 10.1. The fourth-order valence-electron chi connectivity index (χ4n) is 2.93. The second-order valence-corrected chi connectivity index (χ2v) is 5.64. The van der Waals surface area contributed by atoms with Gasteiger partial charge in [-0.1, -0.05) is 11.6 Å². The monoisotopic (exact) mass is 313 g/mol. The van der Waals surface area contributed by atoms with Crippen LogP contribution in [0.4, 0.5) is 11.4 Å². The van der Waals surface area contributed by atoms with E-state index in [0.29, 0.717) is 18.9 Å². The predicted molar refractivity (Wildman–Crippen MR) is 76.4 cm³/mol. The van der Waals surface area contributed by atoms with Crippen LogP contribution in [0.5, 0.6) is 0 Å². The number of anilines is 1. The number of hydrogen-bond donors (Lipinski definition) is 1. The molecule has 2 fully saturated rings. The fourth-order valence-corrected chi connectivity index (χ4v) is 3.15. The van der Waals surface area contributed by atoms with Gasteiger partial charge in [-0.2, -0.15) is 0 Å². The van der Waals surface area contributed by atoms with Gasteiger partial charge in [0.05, 0.1) is 18.1 Å². The van der Waals surface area contributed by atoms with Crippen molar-refractivity contribution in [3.05, 3.63) is 27.5 Å². The molecule has 8 heteroatoms. The molecule has 1 saturated carbocycles. The first-order valence-corrected chi connectivity index (χ1v) is 7.31. The molecule has 21 heavy (non-hydrogen) atoms. The van der Waals surface area contributed by atoms with Crippen LogP contribution in [0.3, 0.4) is 0 Å². The highest BCUT2D eigenvalue weighted by atomic mass is 35.5. The summed E-state index contributed by atoms with van der Waals surface area (Å²) >= 11 is 5.81. The van der Waals surface area contributed by atoms with Crippen LogP contribution >= 0.6 is 11.6 Å². The van der Waals surface area contributed by atoms with Crippen LogP contribution in [0.25, 0.3) is 0 Å². The quantitative estimate of drug-likeness (QED) is 0.524. The molecule has 0 bridgehead atoms. The summed E-state index contributed by atoms with van der Waals surface area (Å²) in [5, 5.41) is 14.2. The minimum absolute atomic E-state index is 0.0975. The molecule has 1 aromatic heterocycles.